The van der Waals surface area contributed by atoms with Gasteiger partial charge in [0.25, 0.3) is 5.91 Å². The Morgan fingerprint density at radius 3 is 2.08 bits per heavy atom. The highest BCUT2D eigenvalue weighted by atomic mass is 19.4. The van der Waals surface area contributed by atoms with Gasteiger partial charge in [-0.05, 0) is 61.6 Å². The second-order valence-electron chi connectivity index (χ2n) is 9.17. The molecule has 1 aliphatic rings. The molecule has 0 fully saturated rings. The third-order valence-corrected chi connectivity index (χ3v) is 5.91. The fourth-order valence-corrected chi connectivity index (χ4v) is 4.14. The van der Waals surface area contributed by atoms with Crippen LogP contribution in [0.4, 0.5) is 26.3 Å². The maximum atomic E-state index is 13.1. The smallest absolute Gasteiger partial charge is 0.416 e. The van der Waals surface area contributed by atoms with Crippen LogP contribution in [-0.2, 0) is 31.9 Å². The van der Waals surface area contributed by atoms with E-state index in [9.17, 15) is 31.1 Å². The minimum atomic E-state index is -4.91. The van der Waals surface area contributed by atoms with Crippen LogP contribution in [0.1, 0.15) is 49.7 Å². The number of amides is 1. The summed E-state index contributed by atoms with van der Waals surface area (Å²) in [4.78, 5) is 16.7. The van der Waals surface area contributed by atoms with Crippen molar-refractivity contribution in [1.82, 2.24) is 9.80 Å². The molecule has 0 saturated carbocycles. The Morgan fingerprint density at radius 2 is 1.51 bits per heavy atom. The van der Waals surface area contributed by atoms with E-state index in [0.717, 1.165) is 17.1 Å². The average Bonchev–Trinajstić information content (AvgIpc) is 3.22. The highest BCUT2D eigenvalue weighted by Crippen LogP contribution is 2.36. The maximum absolute atomic E-state index is 13.1. The summed E-state index contributed by atoms with van der Waals surface area (Å²) in [5.74, 6) is 1.54. The molecule has 0 unspecified atom stereocenters. The van der Waals surface area contributed by atoms with Crippen molar-refractivity contribution in [3.05, 3.63) is 93.4 Å². The van der Waals surface area contributed by atoms with E-state index in [1.54, 1.807) is 29.2 Å². The molecule has 0 aliphatic carbocycles. The molecule has 0 saturated heterocycles. The van der Waals surface area contributed by atoms with Crippen LogP contribution in [0.2, 0.25) is 0 Å². The Morgan fingerprint density at radius 1 is 0.919 bits per heavy atom. The predicted octanol–water partition coefficient (Wildman–Crippen LogP) is 6.75. The molecule has 37 heavy (non-hydrogen) atoms. The van der Waals surface area contributed by atoms with Crippen LogP contribution in [0.15, 0.2) is 52.9 Å². The number of alkyl halides is 6. The van der Waals surface area contributed by atoms with Crippen molar-refractivity contribution in [3.63, 3.8) is 0 Å². The van der Waals surface area contributed by atoms with E-state index in [4.69, 9.17) is 4.42 Å². The number of nitrogens with zero attached hydrogens (tertiary/aromatic N) is 2. The van der Waals surface area contributed by atoms with Crippen molar-refractivity contribution < 1.29 is 35.6 Å². The largest absolute Gasteiger partial charge is 0.464 e. The van der Waals surface area contributed by atoms with Crippen LogP contribution in [-0.4, -0.2) is 36.3 Å². The number of rotatable bonds is 5. The zero-order chi connectivity index (χ0) is 27.0. The van der Waals surface area contributed by atoms with Crippen molar-refractivity contribution in [1.29, 1.82) is 0 Å². The van der Waals surface area contributed by atoms with Crippen molar-refractivity contribution in [2.75, 3.05) is 20.6 Å². The Balaban J connectivity index is 1.47. The Hall–Kier alpha value is -3.53. The average molecular weight is 522 g/mol. The SMILES string of the molecule is CN(C)Cc1cc2c(o1)CCN(C(=O)c1ccc(C=Cc3cc(C(F)(F)F)cc(C(F)(F)F)c3)cc1)C2. The van der Waals surface area contributed by atoms with E-state index in [1.807, 2.05) is 25.1 Å². The molecule has 4 rings (SSSR count). The molecule has 2 aromatic carbocycles. The van der Waals surface area contributed by atoms with Gasteiger partial charge in [-0.1, -0.05) is 24.3 Å². The number of furan rings is 1. The Kier molecular flexibility index (Phi) is 7.23. The van der Waals surface area contributed by atoms with Crippen LogP contribution in [0.5, 0.6) is 0 Å². The Bertz CT molecular complexity index is 1270. The van der Waals surface area contributed by atoms with Crippen molar-refractivity contribution in [2.45, 2.75) is 31.9 Å². The van der Waals surface area contributed by atoms with Crippen LogP contribution >= 0.6 is 0 Å². The molecule has 0 N–H and O–H groups in total. The van der Waals surface area contributed by atoms with Gasteiger partial charge in [0.1, 0.15) is 11.5 Å². The minimum Gasteiger partial charge on any atom is -0.464 e. The molecule has 1 aliphatic heterocycles. The summed E-state index contributed by atoms with van der Waals surface area (Å²) in [6.07, 6.45) is -6.64. The molecule has 0 radical (unpaired) electrons. The van der Waals surface area contributed by atoms with Gasteiger partial charge in [-0.15, -0.1) is 0 Å². The van der Waals surface area contributed by atoms with Gasteiger partial charge in [0.2, 0.25) is 0 Å². The van der Waals surface area contributed by atoms with E-state index in [0.29, 0.717) is 49.3 Å². The van der Waals surface area contributed by atoms with Crippen LogP contribution in [0, 0.1) is 0 Å². The van der Waals surface area contributed by atoms with E-state index in [1.165, 1.54) is 12.2 Å². The van der Waals surface area contributed by atoms with E-state index >= 15 is 0 Å². The van der Waals surface area contributed by atoms with Gasteiger partial charge in [-0.2, -0.15) is 26.3 Å². The van der Waals surface area contributed by atoms with Gasteiger partial charge in [-0.3, -0.25) is 4.79 Å². The lowest BCUT2D eigenvalue weighted by atomic mass is 10.0. The number of carbonyl (C=O) groups excluding carboxylic acids is 1. The first-order valence-corrected chi connectivity index (χ1v) is 11.4. The first-order chi connectivity index (χ1) is 17.3. The number of carbonyl (C=O) groups is 1. The van der Waals surface area contributed by atoms with Gasteiger partial charge in [0.05, 0.1) is 17.7 Å². The summed E-state index contributed by atoms with van der Waals surface area (Å²) < 4.78 is 84.3. The lowest BCUT2D eigenvalue weighted by molar-refractivity contribution is -0.143. The first-order valence-electron chi connectivity index (χ1n) is 11.4. The number of benzene rings is 2. The topological polar surface area (TPSA) is 36.7 Å². The van der Waals surface area contributed by atoms with Crippen molar-refractivity contribution in [3.8, 4) is 0 Å². The molecule has 3 aromatic rings. The third-order valence-electron chi connectivity index (χ3n) is 5.91. The molecule has 0 atom stereocenters. The predicted molar refractivity (Wildman–Crippen MR) is 126 cm³/mol. The fourth-order valence-electron chi connectivity index (χ4n) is 4.14. The molecule has 1 aromatic heterocycles. The molecule has 4 nitrogen and oxygen atoms in total. The van der Waals surface area contributed by atoms with Gasteiger partial charge >= 0.3 is 12.4 Å². The van der Waals surface area contributed by atoms with Crippen molar-refractivity contribution >= 4 is 18.1 Å². The number of halogens is 6. The van der Waals surface area contributed by atoms with Gasteiger partial charge in [0.15, 0.2) is 0 Å². The summed E-state index contributed by atoms with van der Waals surface area (Å²) in [6.45, 7) is 1.58. The standard InChI is InChI=1S/C27H24F6N2O2/c1-34(2)16-23-13-20-15-35(10-9-24(20)37-23)25(36)19-7-5-17(6-8-19)3-4-18-11-21(26(28,29)30)14-22(12-18)27(31,32)33/h3-8,11-14H,9-10,15-16H2,1-2H3. The van der Waals surface area contributed by atoms with E-state index < -0.39 is 23.5 Å². The van der Waals surface area contributed by atoms with Crippen molar-refractivity contribution in [2.24, 2.45) is 0 Å². The highest BCUT2D eigenvalue weighted by molar-refractivity contribution is 5.94. The van der Waals surface area contributed by atoms with Crippen LogP contribution in [0.25, 0.3) is 12.2 Å². The normalized spacial score (nSPS) is 14.5. The molecule has 2 heterocycles. The minimum absolute atomic E-state index is 0.0912. The van der Waals surface area contributed by atoms with E-state index in [-0.39, 0.29) is 17.5 Å². The summed E-state index contributed by atoms with van der Waals surface area (Å²) in [5.41, 5.74) is -1.07. The second kappa shape index (κ2) is 10.1. The lowest BCUT2D eigenvalue weighted by Gasteiger charge is -2.26. The van der Waals surface area contributed by atoms with Gasteiger partial charge in [-0.25, -0.2) is 0 Å². The molecule has 196 valence electrons. The second-order valence-corrected chi connectivity index (χ2v) is 9.17. The molecular formula is C27H24F6N2O2. The summed E-state index contributed by atoms with van der Waals surface area (Å²) >= 11 is 0. The zero-order valence-corrected chi connectivity index (χ0v) is 20.1. The third kappa shape index (κ3) is 6.43. The molecule has 0 spiro atoms. The van der Waals surface area contributed by atoms with Crippen LogP contribution < -0.4 is 0 Å². The maximum Gasteiger partial charge on any atom is 0.416 e. The molecule has 0 bridgehead atoms. The fraction of sp³-hybridized carbons (Fsp3) is 0.296. The molecule has 1 amide bonds. The van der Waals surface area contributed by atoms with E-state index in [2.05, 4.69) is 0 Å². The van der Waals surface area contributed by atoms with Gasteiger partial charge in [0, 0.05) is 30.6 Å². The van der Waals surface area contributed by atoms with Crippen LogP contribution in [0.3, 0.4) is 0 Å². The number of hydrogen-bond acceptors (Lipinski definition) is 3. The first kappa shape index (κ1) is 26.5. The van der Waals surface area contributed by atoms with Gasteiger partial charge < -0.3 is 14.2 Å². The monoisotopic (exact) mass is 522 g/mol. The molecular weight excluding hydrogens is 498 g/mol. The number of fused-ring (bicyclic) bond motifs is 1. The number of hydrogen-bond donors (Lipinski definition) is 0. The highest BCUT2D eigenvalue weighted by Gasteiger charge is 2.36. The quantitative estimate of drug-likeness (QED) is 0.275. The summed E-state index contributed by atoms with van der Waals surface area (Å²) in [7, 11) is 3.88. The summed E-state index contributed by atoms with van der Waals surface area (Å²) in [5, 5.41) is 0. The Labute approximate surface area is 209 Å². The summed E-state index contributed by atoms with van der Waals surface area (Å²) in [6, 6.07) is 9.71. The molecule has 10 heteroatoms. The zero-order valence-electron chi connectivity index (χ0n) is 20.1. The lowest BCUT2D eigenvalue weighted by Crippen LogP contribution is -2.35.